The molecule has 0 aliphatic rings. The maximum atomic E-state index is 13.9. The molecule has 0 fully saturated rings. The highest BCUT2D eigenvalue weighted by Crippen LogP contribution is 2.27. The number of nitrogens with zero attached hydrogens (tertiary/aromatic N) is 1. The largest absolute Gasteiger partial charge is 0.444 e. The van der Waals surface area contributed by atoms with Crippen LogP contribution in [0.3, 0.4) is 0 Å². The minimum atomic E-state index is -0.953. The van der Waals surface area contributed by atoms with Crippen molar-refractivity contribution in [1.82, 2.24) is 10.2 Å². The zero-order valence-corrected chi connectivity index (χ0v) is 23.3. The second kappa shape index (κ2) is 13.0. The fraction of sp³-hybridized carbons (Fsp3) is 0.344. The molecule has 0 aliphatic heterocycles. The van der Waals surface area contributed by atoms with Gasteiger partial charge in [-0.25, -0.2) is 4.79 Å². The van der Waals surface area contributed by atoms with E-state index in [4.69, 9.17) is 11.2 Å². The van der Waals surface area contributed by atoms with E-state index >= 15 is 0 Å². The summed E-state index contributed by atoms with van der Waals surface area (Å²) in [6, 6.07) is 18.7. The zero-order valence-electron chi connectivity index (χ0n) is 23.3. The molecule has 0 saturated carbocycles. The highest BCUT2D eigenvalue weighted by atomic mass is 16.6. The maximum Gasteiger partial charge on any atom is 0.408 e. The number of anilines is 1. The van der Waals surface area contributed by atoms with Crippen molar-refractivity contribution in [2.75, 3.05) is 11.9 Å². The van der Waals surface area contributed by atoms with Crippen LogP contribution in [0, 0.1) is 12.3 Å². The number of ether oxygens (including phenoxy) is 1. The van der Waals surface area contributed by atoms with Gasteiger partial charge in [-0.15, -0.1) is 6.42 Å². The Hall–Kier alpha value is -4.31. The molecule has 0 spiro atoms. The lowest BCUT2D eigenvalue weighted by Crippen LogP contribution is -2.51. The average Bonchev–Trinajstić information content (AvgIpc) is 2.89. The maximum absolute atomic E-state index is 13.9. The lowest BCUT2D eigenvalue weighted by Gasteiger charge is -2.33. The standard InChI is InChI=1S/C32H37N3O4/c1-7-9-20-35(30(37)22(3)33-31(38)39-32(4,5)6)28(25-16-14-23(8-2)15-17-25)29(36)34-27-19-18-24-12-10-11-13-26(24)21-27/h2,10-19,21-22,28H,7,9,20H2,1,3-6H3,(H,33,38)(H,34,36). The molecule has 3 rings (SSSR count). The molecule has 2 atom stereocenters. The van der Waals surface area contributed by atoms with Crippen LogP contribution < -0.4 is 10.6 Å². The van der Waals surface area contributed by atoms with Crippen molar-refractivity contribution in [3.63, 3.8) is 0 Å². The Bertz CT molecular complexity index is 1350. The van der Waals surface area contributed by atoms with Crippen LogP contribution in [-0.2, 0) is 14.3 Å². The van der Waals surface area contributed by atoms with E-state index in [1.165, 1.54) is 4.90 Å². The molecule has 0 aromatic heterocycles. The van der Waals surface area contributed by atoms with Crippen LogP contribution in [-0.4, -0.2) is 41.0 Å². The number of fused-ring (bicyclic) bond motifs is 1. The van der Waals surface area contributed by atoms with Gasteiger partial charge in [0.2, 0.25) is 5.91 Å². The number of rotatable bonds is 9. The van der Waals surface area contributed by atoms with Crippen molar-refractivity contribution in [3.8, 4) is 12.3 Å². The van der Waals surface area contributed by atoms with Gasteiger partial charge in [0.1, 0.15) is 17.7 Å². The molecule has 0 heterocycles. The van der Waals surface area contributed by atoms with Crippen molar-refractivity contribution >= 4 is 34.4 Å². The highest BCUT2D eigenvalue weighted by molar-refractivity contribution is 6.00. The molecule has 0 bridgehead atoms. The number of hydrogen-bond donors (Lipinski definition) is 2. The SMILES string of the molecule is C#Cc1ccc(C(C(=O)Nc2ccc3ccccc3c2)N(CCCC)C(=O)C(C)NC(=O)OC(C)(C)C)cc1. The summed E-state index contributed by atoms with van der Waals surface area (Å²) >= 11 is 0. The molecule has 3 aromatic rings. The van der Waals surface area contributed by atoms with E-state index in [9.17, 15) is 14.4 Å². The molecule has 2 unspecified atom stereocenters. The third kappa shape index (κ3) is 8.08. The number of carbonyl (C=O) groups excluding carboxylic acids is 3. The first-order valence-electron chi connectivity index (χ1n) is 13.2. The lowest BCUT2D eigenvalue weighted by atomic mass is 10.0. The first kappa shape index (κ1) is 29.2. The molecular weight excluding hydrogens is 490 g/mol. The van der Waals surface area contributed by atoms with Gasteiger partial charge in [0, 0.05) is 17.8 Å². The van der Waals surface area contributed by atoms with Crippen LogP contribution >= 0.6 is 0 Å². The predicted molar refractivity (Wildman–Crippen MR) is 155 cm³/mol. The smallest absolute Gasteiger partial charge is 0.408 e. The van der Waals surface area contributed by atoms with Gasteiger partial charge in [-0.1, -0.05) is 61.7 Å². The van der Waals surface area contributed by atoms with Crippen LogP contribution in [0.1, 0.15) is 64.6 Å². The number of terminal acetylenes is 1. The number of unbranched alkanes of at least 4 members (excludes halogenated alkanes) is 1. The Morgan fingerprint density at radius 1 is 1.00 bits per heavy atom. The minimum absolute atomic E-state index is 0.322. The Morgan fingerprint density at radius 2 is 1.67 bits per heavy atom. The third-order valence-electron chi connectivity index (χ3n) is 6.11. The van der Waals surface area contributed by atoms with Crippen LogP contribution in [0.4, 0.5) is 10.5 Å². The molecule has 2 N–H and O–H groups in total. The van der Waals surface area contributed by atoms with Gasteiger partial charge >= 0.3 is 6.09 Å². The number of alkyl carbamates (subject to hydrolysis) is 1. The Labute approximate surface area is 230 Å². The summed E-state index contributed by atoms with van der Waals surface area (Å²) in [6.45, 7) is 9.17. The third-order valence-corrected chi connectivity index (χ3v) is 6.11. The topological polar surface area (TPSA) is 87.7 Å². The van der Waals surface area contributed by atoms with Crippen molar-refractivity contribution in [2.45, 2.75) is 65.1 Å². The van der Waals surface area contributed by atoms with Gasteiger partial charge in [-0.05, 0) is 74.7 Å². The highest BCUT2D eigenvalue weighted by Gasteiger charge is 2.34. The lowest BCUT2D eigenvalue weighted by molar-refractivity contribution is -0.140. The van der Waals surface area contributed by atoms with E-state index in [-0.39, 0.29) is 5.91 Å². The molecule has 0 saturated heterocycles. The molecule has 3 amide bonds. The second-order valence-electron chi connectivity index (χ2n) is 10.5. The van der Waals surface area contributed by atoms with Crippen LogP contribution in [0.25, 0.3) is 10.8 Å². The molecule has 39 heavy (non-hydrogen) atoms. The van der Waals surface area contributed by atoms with Gasteiger partial charge in [-0.3, -0.25) is 9.59 Å². The average molecular weight is 528 g/mol. The molecule has 7 heteroatoms. The van der Waals surface area contributed by atoms with Crippen molar-refractivity contribution in [2.24, 2.45) is 0 Å². The summed E-state index contributed by atoms with van der Waals surface area (Å²) in [5.74, 6) is 1.82. The Balaban J connectivity index is 1.96. The normalized spacial score (nSPS) is 12.6. The van der Waals surface area contributed by atoms with E-state index < -0.39 is 29.7 Å². The fourth-order valence-corrected chi connectivity index (χ4v) is 4.20. The Morgan fingerprint density at radius 3 is 2.28 bits per heavy atom. The number of benzene rings is 3. The monoisotopic (exact) mass is 527 g/mol. The summed E-state index contributed by atoms with van der Waals surface area (Å²) in [6.07, 6.45) is 6.33. The van der Waals surface area contributed by atoms with Gasteiger partial charge in [0.25, 0.3) is 5.91 Å². The van der Waals surface area contributed by atoms with Crippen molar-refractivity contribution in [3.05, 3.63) is 77.9 Å². The summed E-state index contributed by atoms with van der Waals surface area (Å²) < 4.78 is 5.33. The molecular formula is C32H37N3O4. The van der Waals surface area contributed by atoms with Crippen molar-refractivity contribution < 1.29 is 19.1 Å². The number of carbonyl (C=O) groups is 3. The van der Waals surface area contributed by atoms with E-state index in [0.717, 1.165) is 17.2 Å². The van der Waals surface area contributed by atoms with Crippen LogP contribution in [0.5, 0.6) is 0 Å². The van der Waals surface area contributed by atoms with Gasteiger partial charge in [-0.2, -0.15) is 0 Å². The second-order valence-corrected chi connectivity index (χ2v) is 10.5. The Kier molecular flexibility index (Phi) is 9.73. The van der Waals surface area contributed by atoms with Crippen molar-refractivity contribution in [1.29, 1.82) is 0 Å². The van der Waals surface area contributed by atoms with Gasteiger partial charge in [0.05, 0.1) is 0 Å². The minimum Gasteiger partial charge on any atom is -0.444 e. The summed E-state index contributed by atoms with van der Waals surface area (Å²) in [5.41, 5.74) is 1.18. The van der Waals surface area contributed by atoms with E-state index in [0.29, 0.717) is 29.8 Å². The van der Waals surface area contributed by atoms with E-state index in [1.807, 2.05) is 49.4 Å². The first-order valence-corrected chi connectivity index (χ1v) is 13.2. The van der Waals surface area contributed by atoms with E-state index in [2.05, 4.69) is 16.6 Å². The molecule has 0 aliphatic carbocycles. The zero-order chi connectivity index (χ0) is 28.6. The van der Waals surface area contributed by atoms with Gasteiger partial charge < -0.3 is 20.3 Å². The quantitative estimate of drug-likeness (QED) is 0.332. The summed E-state index contributed by atoms with van der Waals surface area (Å²) in [7, 11) is 0. The molecule has 3 aromatic carbocycles. The predicted octanol–water partition coefficient (Wildman–Crippen LogP) is 6.04. The number of hydrogen-bond acceptors (Lipinski definition) is 4. The van der Waals surface area contributed by atoms with E-state index in [1.54, 1.807) is 52.0 Å². The fourth-order valence-electron chi connectivity index (χ4n) is 4.20. The summed E-state index contributed by atoms with van der Waals surface area (Å²) in [5, 5.41) is 7.65. The van der Waals surface area contributed by atoms with Crippen LogP contribution in [0.15, 0.2) is 66.7 Å². The summed E-state index contributed by atoms with van der Waals surface area (Å²) in [4.78, 5) is 41.6. The molecule has 204 valence electrons. The van der Waals surface area contributed by atoms with Gasteiger partial charge in [0.15, 0.2) is 0 Å². The molecule has 7 nitrogen and oxygen atoms in total. The van der Waals surface area contributed by atoms with Crippen LogP contribution in [0.2, 0.25) is 0 Å². The molecule has 0 radical (unpaired) electrons. The number of amides is 3. The first-order chi connectivity index (χ1) is 18.5. The number of nitrogens with one attached hydrogen (secondary N) is 2.